The summed E-state index contributed by atoms with van der Waals surface area (Å²) < 4.78 is 5.24. The second-order valence-corrected chi connectivity index (χ2v) is 7.05. The van der Waals surface area contributed by atoms with E-state index in [9.17, 15) is 9.59 Å². The van der Waals surface area contributed by atoms with E-state index in [1.165, 1.54) is 6.92 Å². The van der Waals surface area contributed by atoms with Gasteiger partial charge in [0.15, 0.2) is 6.10 Å². The number of ether oxygens (including phenoxy) is 1. The molecule has 5 nitrogen and oxygen atoms in total. The predicted octanol–water partition coefficient (Wildman–Crippen LogP) is 4.04. The number of esters is 1. The van der Waals surface area contributed by atoms with Crippen molar-refractivity contribution in [3.8, 4) is 6.07 Å². The Bertz CT molecular complexity index is 826. The maximum atomic E-state index is 12.2. The molecule has 0 aliphatic carbocycles. The molecular weight excluding hydrogens is 328 g/mol. The topological polar surface area (TPSA) is 79.2 Å². The molecular formula is C21H22N2O3. The van der Waals surface area contributed by atoms with Gasteiger partial charge in [-0.2, -0.15) is 5.26 Å². The van der Waals surface area contributed by atoms with E-state index in [0.29, 0.717) is 16.8 Å². The van der Waals surface area contributed by atoms with Gasteiger partial charge in [0.1, 0.15) is 0 Å². The summed E-state index contributed by atoms with van der Waals surface area (Å²) in [4.78, 5) is 24.4. The number of carbonyl (C=O) groups excluding carboxylic acids is 2. The van der Waals surface area contributed by atoms with Crippen LogP contribution in [0.25, 0.3) is 0 Å². The van der Waals surface area contributed by atoms with Crippen LogP contribution in [0.1, 0.15) is 49.2 Å². The van der Waals surface area contributed by atoms with Crippen LogP contribution in [-0.4, -0.2) is 18.0 Å². The van der Waals surface area contributed by atoms with Crippen molar-refractivity contribution in [1.82, 2.24) is 0 Å². The molecule has 0 aliphatic rings. The molecule has 2 aromatic rings. The maximum absolute atomic E-state index is 12.2. The molecule has 1 N–H and O–H groups in total. The molecule has 134 valence electrons. The number of rotatable bonds is 4. The first-order valence-corrected chi connectivity index (χ1v) is 8.33. The molecule has 0 unspecified atom stereocenters. The summed E-state index contributed by atoms with van der Waals surface area (Å²) in [5, 5.41) is 11.4. The van der Waals surface area contributed by atoms with Gasteiger partial charge in [0.2, 0.25) is 0 Å². The number of benzene rings is 2. The van der Waals surface area contributed by atoms with Crippen molar-refractivity contribution in [2.24, 2.45) is 0 Å². The Hall–Kier alpha value is -3.13. The molecule has 0 radical (unpaired) electrons. The normalized spacial score (nSPS) is 12.0. The zero-order valence-electron chi connectivity index (χ0n) is 15.4. The highest BCUT2D eigenvalue weighted by molar-refractivity contribution is 5.97. The van der Waals surface area contributed by atoms with E-state index in [4.69, 9.17) is 10.00 Å². The number of hydrogen-bond acceptors (Lipinski definition) is 4. The minimum atomic E-state index is -0.944. The zero-order valence-corrected chi connectivity index (χ0v) is 15.4. The number of amides is 1. The van der Waals surface area contributed by atoms with Crippen molar-refractivity contribution in [2.75, 3.05) is 5.32 Å². The van der Waals surface area contributed by atoms with Crippen molar-refractivity contribution in [1.29, 1.82) is 5.26 Å². The van der Waals surface area contributed by atoms with E-state index in [1.807, 2.05) is 18.2 Å². The molecule has 0 aromatic heterocycles. The SMILES string of the molecule is C[C@@H](OC(=O)c1ccc(C(C)(C)C)cc1)C(=O)Nc1ccc(C#N)cc1. The van der Waals surface area contributed by atoms with Gasteiger partial charge in [-0.25, -0.2) is 4.79 Å². The van der Waals surface area contributed by atoms with Crippen molar-refractivity contribution in [3.63, 3.8) is 0 Å². The van der Waals surface area contributed by atoms with E-state index in [0.717, 1.165) is 5.56 Å². The van der Waals surface area contributed by atoms with E-state index in [2.05, 4.69) is 26.1 Å². The molecule has 0 bridgehead atoms. The van der Waals surface area contributed by atoms with Gasteiger partial charge in [0, 0.05) is 5.69 Å². The third-order valence-electron chi connectivity index (χ3n) is 3.92. The minimum absolute atomic E-state index is 0.00327. The van der Waals surface area contributed by atoms with Crippen molar-refractivity contribution in [2.45, 2.75) is 39.2 Å². The average molecular weight is 350 g/mol. The Kier molecular flexibility index (Phi) is 5.78. The second-order valence-electron chi connectivity index (χ2n) is 7.05. The summed E-state index contributed by atoms with van der Waals surface area (Å²) in [6, 6.07) is 15.6. The lowest BCUT2D eigenvalue weighted by molar-refractivity contribution is -0.123. The molecule has 0 spiro atoms. The Balaban J connectivity index is 1.97. The summed E-state index contributed by atoms with van der Waals surface area (Å²) in [6.07, 6.45) is -0.944. The first-order valence-electron chi connectivity index (χ1n) is 8.33. The summed E-state index contributed by atoms with van der Waals surface area (Å²) in [5.74, 6) is -0.984. The molecule has 0 fully saturated rings. The van der Waals surface area contributed by atoms with Crippen LogP contribution in [0, 0.1) is 11.3 Å². The van der Waals surface area contributed by atoms with Crippen LogP contribution in [0.3, 0.4) is 0 Å². The van der Waals surface area contributed by atoms with E-state index < -0.39 is 18.0 Å². The zero-order chi connectivity index (χ0) is 19.3. The van der Waals surface area contributed by atoms with Crippen LogP contribution in [0.15, 0.2) is 48.5 Å². The summed E-state index contributed by atoms with van der Waals surface area (Å²) in [7, 11) is 0. The standard InChI is InChI=1S/C21H22N2O3/c1-14(19(24)23-18-11-5-15(13-22)6-12-18)26-20(25)16-7-9-17(10-8-16)21(2,3)4/h5-12,14H,1-4H3,(H,23,24)/t14-/m1/s1. The predicted molar refractivity (Wildman–Crippen MR) is 99.8 cm³/mol. The molecule has 0 aliphatic heterocycles. The molecule has 2 aromatic carbocycles. The third-order valence-corrected chi connectivity index (χ3v) is 3.92. The number of hydrogen-bond donors (Lipinski definition) is 1. The van der Waals surface area contributed by atoms with Gasteiger partial charge in [-0.1, -0.05) is 32.9 Å². The number of nitrogens with one attached hydrogen (secondary N) is 1. The van der Waals surface area contributed by atoms with Gasteiger partial charge in [-0.05, 0) is 54.3 Å². The second kappa shape index (κ2) is 7.83. The number of anilines is 1. The number of nitriles is 1. The highest BCUT2D eigenvalue weighted by Crippen LogP contribution is 2.22. The van der Waals surface area contributed by atoms with Gasteiger partial charge in [-0.15, -0.1) is 0 Å². The molecule has 0 saturated carbocycles. The molecule has 26 heavy (non-hydrogen) atoms. The van der Waals surface area contributed by atoms with Crippen LogP contribution in [0.5, 0.6) is 0 Å². The van der Waals surface area contributed by atoms with Crippen LogP contribution in [-0.2, 0) is 14.9 Å². The van der Waals surface area contributed by atoms with Crippen LogP contribution < -0.4 is 5.32 Å². The molecule has 0 heterocycles. The Labute approximate surface area is 153 Å². The fourth-order valence-corrected chi connectivity index (χ4v) is 2.26. The van der Waals surface area contributed by atoms with E-state index in [1.54, 1.807) is 36.4 Å². The van der Waals surface area contributed by atoms with Gasteiger partial charge < -0.3 is 10.1 Å². The van der Waals surface area contributed by atoms with Gasteiger partial charge in [0.25, 0.3) is 5.91 Å². The van der Waals surface area contributed by atoms with Crippen LogP contribution in [0.2, 0.25) is 0 Å². The summed E-state index contributed by atoms with van der Waals surface area (Å²) >= 11 is 0. The fourth-order valence-electron chi connectivity index (χ4n) is 2.26. The minimum Gasteiger partial charge on any atom is -0.449 e. The Morgan fingerprint density at radius 2 is 1.62 bits per heavy atom. The smallest absolute Gasteiger partial charge is 0.338 e. The highest BCUT2D eigenvalue weighted by atomic mass is 16.5. The first kappa shape index (κ1) is 19.2. The third kappa shape index (κ3) is 4.93. The summed E-state index contributed by atoms with van der Waals surface area (Å²) in [6.45, 7) is 7.79. The van der Waals surface area contributed by atoms with Gasteiger partial charge >= 0.3 is 5.97 Å². The molecule has 2 rings (SSSR count). The van der Waals surface area contributed by atoms with Gasteiger partial charge in [0.05, 0.1) is 17.2 Å². The first-order chi connectivity index (χ1) is 12.2. The highest BCUT2D eigenvalue weighted by Gasteiger charge is 2.20. The lowest BCUT2D eigenvalue weighted by atomic mass is 9.87. The maximum Gasteiger partial charge on any atom is 0.338 e. The molecule has 0 saturated heterocycles. The van der Waals surface area contributed by atoms with Gasteiger partial charge in [-0.3, -0.25) is 4.79 Å². The fraction of sp³-hybridized carbons (Fsp3) is 0.286. The largest absolute Gasteiger partial charge is 0.449 e. The van der Waals surface area contributed by atoms with Crippen molar-refractivity contribution >= 4 is 17.6 Å². The number of nitrogens with zero attached hydrogens (tertiary/aromatic N) is 1. The molecule has 1 amide bonds. The number of carbonyl (C=O) groups is 2. The quantitative estimate of drug-likeness (QED) is 0.844. The monoisotopic (exact) mass is 350 g/mol. The van der Waals surface area contributed by atoms with Crippen LogP contribution in [0.4, 0.5) is 5.69 Å². The van der Waals surface area contributed by atoms with E-state index in [-0.39, 0.29) is 5.41 Å². The summed E-state index contributed by atoms with van der Waals surface area (Å²) in [5.41, 5.74) is 2.54. The Morgan fingerprint density at radius 3 is 2.12 bits per heavy atom. The lowest BCUT2D eigenvalue weighted by Crippen LogP contribution is -2.30. The van der Waals surface area contributed by atoms with E-state index >= 15 is 0 Å². The van der Waals surface area contributed by atoms with Crippen molar-refractivity contribution < 1.29 is 14.3 Å². The van der Waals surface area contributed by atoms with Crippen molar-refractivity contribution in [3.05, 3.63) is 65.2 Å². The Morgan fingerprint density at radius 1 is 1.04 bits per heavy atom. The van der Waals surface area contributed by atoms with Crippen LogP contribution >= 0.6 is 0 Å². The average Bonchev–Trinajstić information content (AvgIpc) is 2.61. The molecule has 5 heteroatoms. The molecule has 1 atom stereocenters. The lowest BCUT2D eigenvalue weighted by Gasteiger charge is -2.19.